The molecule has 3 aromatic heterocycles. The molecule has 1 aliphatic carbocycles. The van der Waals surface area contributed by atoms with Crippen LogP contribution in [0.4, 0.5) is 0 Å². The van der Waals surface area contributed by atoms with Crippen molar-refractivity contribution in [2.75, 3.05) is 0 Å². The molecule has 0 N–H and O–H groups in total. The second kappa shape index (κ2) is 8.77. The Kier molecular flexibility index (Phi) is 5.72. The Morgan fingerprint density at radius 3 is 2.60 bits per heavy atom. The first-order valence-corrected chi connectivity index (χ1v) is 11.8. The first kappa shape index (κ1) is 19.6. The Morgan fingerprint density at radius 1 is 1.00 bits per heavy atom. The van der Waals surface area contributed by atoms with E-state index < -0.39 is 0 Å². The van der Waals surface area contributed by atoms with Gasteiger partial charge >= 0.3 is 0 Å². The van der Waals surface area contributed by atoms with Crippen LogP contribution >= 0.6 is 27.7 Å². The summed E-state index contributed by atoms with van der Waals surface area (Å²) in [7, 11) is 0. The van der Waals surface area contributed by atoms with Gasteiger partial charge in [-0.25, -0.2) is 0 Å². The number of halogens is 1. The largest absolute Gasteiger partial charge is 0.461 e. The lowest BCUT2D eigenvalue weighted by atomic mass is 9.95. The van der Waals surface area contributed by atoms with Crippen LogP contribution in [0.2, 0.25) is 0 Å². The normalized spacial score (nSPS) is 15.0. The fourth-order valence-electron chi connectivity index (χ4n) is 3.76. The van der Waals surface area contributed by atoms with E-state index in [9.17, 15) is 0 Å². The number of aromatic nitrogens is 5. The molecule has 30 heavy (non-hydrogen) atoms. The van der Waals surface area contributed by atoms with E-state index in [-0.39, 0.29) is 0 Å². The maximum absolute atomic E-state index is 5.86. The third-order valence-corrected chi connectivity index (χ3v) is 6.69. The van der Waals surface area contributed by atoms with E-state index in [0.717, 1.165) is 39.6 Å². The molecule has 1 saturated carbocycles. The molecule has 0 saturated heterocycles. The second-order valence-corrected chi connectivity index (χ2v) is 9.10. The number of hydrogen-bond donors (Lipinski definition) is 0. The van der Waals surface area contributed by atoms with E-state index in [2.05, 4.69) is 40.9 Å². The summed E-state index contributed by atoms with van der Waals surface area (Å²) < 4.78 is 14.7. The van der Waals surface area contributed by atoms with Gasteiger partial charge in [-0.1, -0.05) is 47.0 Å². The summed E-state index contributed by atoms with van der Waals surface area (Å²) in [5, 5.41) is 18.1. The van der Waals surface area contributed by atoms with Crippen LogP contribution in [0, 0.1) is 0 Å². The Bertz CT molecular complexity index is 1100. The SMILES string of the molecule is Brc1ccc(-c2nnc(CSc3nnc(-c4ccco4)n3C3CCCCC3)o2)cc1. The van der Waals surface area contributed by atoms with Gasteiger partial charge in [0, 0.05) is 16.1 Å². The quantitative estimate of drug-likeness (QED) is 0.303. The van der Waals surface area contributed by atoms with E-state index in [0.29, 0.717) is 23.6 Å². The molecule has 0 bridgehead atoms. The van der Waals surface area contributed by atoms with Crippen molar-refractivity contribution in [2.45, 2.75) is 49.1 Å². The molecule has 0 spiro atoms. The minimum Gasteiger partial charge on any atom is -0.461 e. The van der Waals surface area contributed by atoms with Crippen LogP contribution in [0.25, 0.3) is 23.0 Å². The molecule has 9 heteroatoms. The molecule has 1 fully saturated rings. The number of thioether (sulfide) groups is 1. The third-order valence-electron chi connectivity index (χ3n) is 5.23. The fraction of sp³-hybridized carbons (Fsp3) is 0.333. The molecule has 1 aromatic carbocycles. The van der Waals surface area contributed by atoms with Gasteiger partial charge in [-0.05, 0) is 49.2 Å². The molecule has 4 aromatic rings. The third kappa shape index (κ3) is 4.09. The highest BCUT2D eigenvalue weighted by atomic mass is 79.9. The van der Waals surface area contributed by atoms with E-state index >= 15 is 0 Å². The Morgan fingerprint density at radius 2 is 1.83 bits per heavy atom. The molecule has 1 aliphatic rings. The van der Waals surface area contributed by atoms with Crippen LogP contribution in [0.3, 0.4) is 0 Å². The maximum atomic E-state index is 5.86. The van der Waals surface area contributed by atoms with Crippen molar-refractivity contribution in [1.29, 1.82) is 0 Å². The van der Waals surface area contributed by atoms with Crippen LogP contribution < -0.4 is 0 Å². The lowest BCUT2D eigenvalue weighted by Gasteiger charge is -2.25. The second-order valence-electron chi connectivity index (χ2n) is 7.24. The summed E-state index contributed by atoms with van der Waals surface area (Å²) in [6, 6.07) is 12.0. The zero-order chi connectivity index (χ0) is 20.3. The molecule has 7 nitrogen and oxygen atoms in total. The van der Waals surface area contributed by atoms with E-state index in [1.54, 1.807) is 18.0 Å². The fourth-order valence-corrected chi connectivity index (χ4v) is 4.87. The summed E-state index contributed by atoms with van der Waals surface area (Å²) in [6.07, 6.45) is 7.68. The molecule has 0 unspecified atom stereocenters. The number of nitrogens with zero attached hydrogens (tertiary/aromatic N) is 5. The highest BCUT2D eigenvalue weighted by Crippen LogP contribution is 2.36. The van der Waals surface area contributed by atoms with E-state index in [4.69, 9.17) is 8.83 Å². The lowest BCUT2D eigenvalue weighted by Crippen LogP contribution is -2.15. The van der Waals surface area contributed by atoms with Gasteiger partial charge in [-0.2, -0.15) is 0 Å². The molecule has 0 radical (unpaired) electrons. The monoisotopic (exact) mass is 485 g/mol. The molecule has 0 atom stereocenters. The zero-order valence-electron chi connectivity index (χ0n) is 16.2. The van der Waals surface area contributed by atoms with Crippen molar-refractivity contribution in [1.82, 2.24) is 25.0 Å². The van der Waals surface area contributed by atoms with Crippen LogP contribution in [0.5, 0.6) is 0 Å². The summed E-state index contributed by atoms with van der Waals surface area (Å²) in [5.41, 5.74) is 0.896. The number of rotatable bonds is 6. The van der Waals surface area contributed by atoms with Crippen molar-refractivity contribution in [3.8, 4) is 23.0 Å². The average molecular weight is 486 g/mol. The summed E-state index contributed by atoms with van der Waals surface area (Å²) in [4.78, 5) is 0. The van der Waals surface area contributed by atoms with Crippen LogP contribution in [0.15, 0.2) is 61.1 Å². The van der Waals surface area contributed by atoms with Crippen molar-refractivity contribution >= 4 is 27.7 Å². The van der Waals surface area contributed by atoms with Crippen LogP contribution in [0.1, 0.15) is 44.0 Å². The van der Waals surface area contributed by atoms with Crippen molar-refractivity contribution < 1.29 is 8.83 Å². The Hall–Kier alpha value is -2.39. The summed E-state index contributed by atoms with van der Waals surface area (Å²) in [5.74, 6) is 3.15. The van der Waals surface area contributed by atoms with Crippen molar-refractivity contribution in [3.05, 3.63) is 53.0 Å². The average Bonchev–Trinajstić information content (AvgIpc) is 3.53. The highest BCUT2D eigenvalue weighted by Gasteiger charge is 2.25. The Balaban J connectivity index is 1.37. The molecule has 3 heterocycles. The zero-order valence-corrected chi connectivity index (χ0v) is 18.6. The maximum Gasteiger partial charge on any atom is 0.247 e. The predicted molar refractivity (Wildman–Crippen MR) is 117 cm³/mol. The lowest BCUT2D eigenvalue weighted by molar-refractivity contribution is 0.337. The van der Waals surface area contributed by atoms with Crippen molar-refractivity contribution in [3.63, 3.8) is 0 Å². The molecular formula is C21H20BrN5O2S. The van der Waals surface area contributed by atoms with Gasteiger partial charge in [0.15, 0.2) is 10.9 Å². The number of hydrogen-bond acceptors (Lipinski definition) is 7. The topological polar surface area (TPSA) is 82.8 Å². The minimum absolute atomic E-state index is 0.386. The molecule has 0 aliphatic heterocycles. The van der Waals surface area contributed by atoms with Crippen LogP contribution in [-0.2, 0) is 5.75 Å². The standard InChI is InChI=1S/C21H20BrN5O2S/c22-15-10-8-14(9-11-15)20-25-23-18(29-20)13-30-21-26-24-19(17-7-4-12-28-17)27(21)16-5-2-1-3-6-16/h4,7-12,16H,1-3,5-6,13H2. The molecular weight excluding hydrogens is 466 g/mol. The van der Waals surface area contributed by atoms with Gasteiger partial charge in [0.25, 0.3) is 0 Å². The van der Waals surface area contributed by atoms with Gasteiger partial charge in [-0.3, -0.25) is 4.57 Å². The van der Waals surface area contributed by atoms with Crippen molar-refractivity contribution in [2.24, 2.45) is 0 Å². The van der Waals surface area contributed by atoms with Gasteiger partial charge < -0.3 is 8.83 Å². The molecule has 154 valence electrons. The predicted octanol–water partition coefficient (Wildman–Crippen LogP) is 6.15. The summed E-state index contributed by atoms with van der Waals surface area (Å²) >= 11 is 5.00. The van der Waals surface area contributed by atoms with Gasteiger partial charge in [0.05, 0.1) is 12.0 Å². The number of furan rings is 1. The molecule has 5 rings (SSSR count). The first-order chi connectivity index (χ1) is 14.8. The smallest absolute Gasteiger partial charge is 0.247 e. The first-order valence-electron chi connectivity index (χ1n) is 9.98. The van der Waals surface area contributed by atoms with Gasteiger partial charge in [0.2, 0.25) is 17.6 Å². The van der Waals surface area contributed by atoms with E-state index in [1.807, 2.05) is 36.4 Å². The van der Waals surface area contributed by atoms with E-state index in [1.165, 1.54) is 19.3 Å². The summed E-state index contributed by atoms with van der Waals surface area (Å²) in [6.45, 7) is 0. The Labute approximate surface area is 186 Å². The van der Waals surface area contributed by atoms with Gasteiger partial charge in [-0.15, -0.1) is 20.4 Å². The minimum atomic E-state index is 0.386. The van der Waals surface area contributed by atoms with Crippen LogP contribution in [-0.4, -0.2) is 25.0 Å². The molecule has 0 amide bonds. The number of benzene rings is 1. The highest BCUT2D eigenvalue weighted by molar-refractivity contribution is 9.10. The van der Waals surface area contributed by atoms with Gasteiger partial charge in [0.1, 0.15) is 0 Å².